The van der Waals surface area contributed by atoms with Gasteiger partial charge in [0, 0.05) is 13.1 Å². The smallest absolute Gasteiger partial charge is 0.370 e. The summed E-state index contributed by atoms with van der Waals surface area (Å²) in [5.74, 6) is -2.52. The van der Waals surface area contributed by atoms with Crippen LogP contribution in [0.1, 0.15) is 45.2 Å². The number of carboxylic acids is 1. The van der Waals surface area contributed by atoms with Gasteiger partial charge in [0.1, 0.15) is 18.3 Å². The summed E-state index contributed by atoms with van der Waals surface area (Å²) in [6, 6.07) is -1.14. The number of aliphatic carboxylic acids is 1. The molecule has 1 aromatic rings. The van der Waals surface area contributed by atoms with E-state index in [0.29, 0.717) is 0 Å². The number of carbonyl (C=O) groups is 2. The normalized spacial score (nSPS) is 23.2. The molecule has 2 rings (SSSR count). The third kappa shape index (κ3) is 6.51. The molecule has 1 aromatic heterocycles. The molecule has 5 atom stereocenters. The molecule has 5 N–H and O–H groups in total. The van der Waals surface area contributed by atoms with E-state index < -0.39 is 48.1 Å². The molecule has 168 valence electrons. The van der Waals surface area contributed by atoms with Crippen molar-refractivity contribution in [2.45, 2.75) is 83.0 Å². The zero-order chi connectivity index (χ0) is 22.3. The molecular formula is C19H30N4O7. The highest BCUT2D eigenvalue weighted by Crippen LogP contribution is 2.23. The summed E-state index contributed by atoms with van der Waals surface area (Å²) in [6.45, 7) is 3.21. The van der Waals surface area contributed by atoms with Gasteiger partial charge in [0.25, 0.3) is 0 Å². The number of rotatable bonds is 11. The van der Waals surface area contributed by atoms with E-state index in [1.165, 1.54) is 11.6 Å². The van der Waals surface area contributed by atoms with E-state index in [0.717, 1.165) is 43.9 Å². The minimum absolute atomic E-state index is 0.127. The summed E-state index contributed by atoms with van der Waals surface area (Å²) in [5.41, 5.74) is 0.768. The van der Waals surface area contributed by atoms with Crippen LogP contribution in [-0.4, -0.2) is 77.8 Å². The van der Waals surface area contributed by atoms with Gasteiger partial charge < -0.3 is 30.5 Å². The van der Waals surface area contributed by atoms with Crippen LogP contribution in [0.4, 0.5) is 0 Å². The predicted octanol–water partition coefficient (Wildman–Crippen LogP) is -0.644. The Kier molecular flexibility index (Phi) is 8.75. The van der Waals surface area contributed by atoms with Crippen LogP contribution in [0.3, 0.4) is 0 Å². The molecule has 0 aromatic carbocycles. The number of unbranched alkanes of at least 4 members (excludes halogenated alkanes) is 3. The number of carboxylic acid groups (broad SMARTS) is 1. The summed E-state index contributed by atoms with van der Waals surface area (Å²) >= 11 is 0. The fraction of sp³-hybridized carbons (Fsp3) is 0.684. The molecule has 0 saturated heterocycles. The maximum atomic E-state index is 11.5. The van der Waals surface area contributed by atoms with Crippen molar-refractivity contribution in [1.82, 2.24) is 20.3 Å². The Hall–Kier alpha value is -2.50. The topological polar surface area (TPSA) is 167 Å². The molecular weight excluding hydrogens is 396 g/mol. The largest absolute Gasteiger partial charge is 0.478 e. The molecule has 0 bridgehead atoms. The number of aliphatic hydroxyl groups is 3. The second-order valence-corrected chi connectivity index (χ2v) is 7.44. The Balaban J connectivity index is 2.04. The Morgan fingerprint density at radius 2 is 2.03 bits per heavy atom. The minimum Gasteiger partial charge on any atom is -0.478 e. The molecule has 1 aliphatic heterocycles. The van der Waals surface area contributed by atoms with Crippen molar-refractivity contribution >= 4 is 11.9 Å². The number of ether oxygens (including phenoxy) is 1. The van der Waals surface area contributed by atoms with E-state index in [4.69, 9.17) is 9.84 Å². The van der Waals surface area contributed by atoms with Crippen LogP contribution >= 0.6 is 0 Å². The van der Waals surface area contributed by atoms with Gasteiger partial charge in [-0.25, -0.2) is 9.48 Å². The van der Waals surface area contributed by atoms with E-state index in [1.807, 2.05) is 0 Å². The number of nitrogens with one attached hydrogen (secondary N) is 1. The number of nitrogens with zero attached hydrogens (tertiary/aromatic N) is 3. The molecule has 11 nitrogen and oxygen atoms in total. The third-order valence-corrected chi connectivity index (χ3v) is 4.87. The van der Waals surface area contributed by atoms with Crippen LogP contribution in [0, 0.1) is 0 Å². The van der Waals surface area contributed by atoms with Crippen LogP contribution < -0.4 is 5.32 Å². The van der Waals surface area contributed by atoms with Gasteiger partial charge in [-0.05, 0) is 18.9 Å². The first-order chi connectivity index (χ1) is 14.2. The molecule has 1 aliphatic rings. The highest BCUT2D eigenvalue weighted by Gasteiger charge is 2.43. The monoisotopic (exact) mass is 426 g/mol. The maximum absolute atomic E-state index is 11.5. The Morgan fingerprint density at radius 3 is 2.67 bits per heavy atom. The van der Waals surface area contributed by atoms with Crippen LogP contribution in [0.15, 0.2) is 18.0 Å². The van der Waals surface area contributed by atoms with Gasteiger partial charge >= 0.3 is 5.97 Å². The molecule has 30 heavy (non-hydrogen) atoms. The van der Waals surface area contributed by atoms with Crippen molar-refractivity contribution in [2.75, 3.05) is 0 Å². The number of amides is 1. The van der Waals surface area contributed by atoms with E-state index in [1.54, 1.807) is 6.20 Å². The highest BCUT2D eigenvalue weighted by atomic mass is 16.5. The van der Waals surface area contributed by atoms with E-state index in [9.17, 15) is 24.9 Å². The van der Waals surface area contributed by atoms with Crippen molar-refractivity contribution in [1.29, 1.82) is 0 Å². The van der Waals surface area contributed by atoms with Crippen LogP contribution in [0.25, 0.3) is 0 Å². The summed E-state index contributed by atoms with van der Waals surface area (Å²) in [7, 11) is 0. The standard InChI is InChI=1S/C19H30N4O7/c1-3-4-5-6-7-12-9-23(22-21-12)10-14(26)17(27)18-16(20-11(2)24)13(25)8-15(30-18)19(28)29/h8-9,13-14,16-18,25-27H,3-7,10H2,1-2H3,(H,20,24)(H,28,29)/t13-,14+,16+,17+,18+/m0/s1. The predicted molar refractivity (Wildman–Crippen MR) is 104 cm³/mol. The van der Waals surface area contributed by atoms with Crippen LogP contribution in [0.5, 0.6) is 0 Å². The van der Waals surface area contributed by atoms with E-state index >= 15 is 0 Å². The Bertz CT molecular complexity index is 751. The summed E-state index contributed by atoms with van der Waals surface area (Å²) in [4.78, 5) is 22.7. The van der Waals surface area contributed by atoms with Crippen molar-refractivity contribution in [3.05, 3.63) is 23.7 Å². The van der Waals surface area contributed by atoms with Gasteiger partial charge in [0.15, 0.2) is 6.10 Å². The molecule has 0 fully saturated rings. The summed E-state index contributed by atoms with van der Waals surface area (Å²) < 4.78 is 6.64. The van der Waals surface area contributed by atoms with E-state index in [2.05, 4.69) is 22.6 Å². The fourth-order valence-electron chi connectivity index (χ4n) is 3.31. The minimum atomic E-state index is -1.61. The molecule has 1 amide bonds. The molecule has 2 heterocycles. The van der Waals surface area contributed by atoms with Gasteiger partial charge in [-0.1, -0.05) is 31.4 Å². The van der Waals surface area contributed by atoms with Crippen molar-refractivity contribution < 1.29 is 34.8 Å². The number of hydrogen-bond donors (Lipinski definition) is 5. The van der Waals surface area contributed by atoms with Gasteiger partial charge in [0.05, 0.1) is 18.3 Å². The summed E-state index contributed by atoms with van der Waals surface area (Å²) in [5, 5.41) is 50.8. The molecule has 0 radical (unpaired) electrons. The molecule has 0 aliphatic carbocycles. The number of aryl methyl sites for hydroxylation is 1. The second kappa shape index (κ2) is 11.0. The van der Waals surface area contributed by atoms with Crippen molar-refractivity contribution in [3.63, 3.8) is 0 Å². The number of hydrogen-bond acceptors (Lipinski definition) is 8. The maximum Gasteiger partial charge on any atom is 0.370 e. The highest BCUT2D eigenvalue weighted by molar-refractivity contribution is 5.84. The van der Waals surface area contributed by atoms with Crippen molar-refractivity contribution in [3.8, 4) is 0 Å². The molecule has 0 spiro atoms. The first-order valence-corrected chi connectivity index (χ1v) is 10.0. The molecule has 0 saturated carbocycles. The lowest BCUT2D eigenvalue weighted by Crippen LogP contribution is -2.59. The van der Waals surface area contributed by atoms with Gasteiger partial charge in [-0.15, -0.1) is 5.10 Å². The zero-order valence-electron chi connectivity index (χ0n) is 17.1. The Morgan fingerprint density at radius 1 is 1.30 bits per heavy atom. The Labute approximate surface area is 174 Å². The molecule has 0 unspecified atom stereocenters. The van der Waals surface area contributed by atoms with Gasteiger partial charge in [-0.2, -0.15) is 0 Å². The number of carbonyl (C=O) groups excluding carboxylic acids is 1. The lowest BCUT2D eigenvalue weighted by atomic mass is 9.93. The SMILES string of the molecule is CCCCCCc1cn(C[C@@H](O)[C@@H](O)[C@@H]2OC(C(=O)O)=C[C@H](O)[C@H]2NC(C)=O)nn1. The lowest BCUT2D eigenvalue weighted by molar-refractivity contribution is -0.148. The summed E-state index contributed by atoms with van der Waals surface area (Å²) in [6.07, 6.45) is 1.89. The fourth-order valence-corrected chi connectivity index (χ4v) is 3.31. The number of aromatic nitrogens is 3. The van der Waals surface area contributed by atoms with Gasteiger partial charge in [0.2, 0.25) is 11.7 Å². The average Bonchev–Trinajstić information content (AvgIpc) is 3.12. The first-order valence-electron chi connectivity index (χ1n) is 10.0. The molecule has 11 heteroatoms. The van der Waals surface area contributed by atoms with Gasteiger partial charge in [-0.3, -0.25) is 4.79 Å². The average molecular weight is 426 g/mol. The van der Waals surface area contributed by atoms with Crippen LogP contribution in [-0.2, 0) is 27.3 Å². The third-order valence-electron chi connectivity index (χ3n) is 4.87. The van der Waals surface area contributed by atoms with E-state index in [-0.39, 0.29) is 6.54 Å². The van der Waals surface area contributed by atoms with Crippen LogP contribution in [0.2, 0.25) is 0 Å². The number of aliphatic hydroxyl groups excluding tert-OH is 3. The lowest BCUT2D eigenvalue weighted by Gasteiger charge is -2.38. The quantitative estimate of drug-likeness (QED) is 0.289. The zero-order valence-corrected chi connectivity index (χ0v) is 17.1. The first kappa shape index (κ1) is 23.8. The van der Waals surface area contributed by atoms with Crippen molar-refractivity contribution in [2.24, 2.45) is 0 Å². The second-order valence-electron chi connectivity index (χ2n) is 7.44.